The average Bonchev–Trinajstić information content (AvgIpc) is 2.29. The molecule has 0 aliphatic rings. The molecule has 1 aromatic carbocycles. The molecular formula is C13H18O4S. The van der Waals surface area contributed by atoms with Crippen LogP contribution in [0.3, 0.4) is 0 Å². The highest BCUT2D eigenvalue weighted by Crippen LogP contribution is 2.06. The maximum Gasteiger partial charge on any atom is 0.177 e. The predicted octanol–water partition coefficient (Wildman–Crippen LogP) is 1.63. The zero-order chi connectivity index (χ0) is 13.6. The normalized spacial score (nSPS) is 11.4. The lowest BCUT2D eigenvalue weighted by Gasteiger charge is -2.04. The summed E-state index contributed by atoms with van der Waals surface area (Å²) in [6.45, 7) is 2.30. The average molecular weight is 270 g/mol. The second-order valence-corrected chi connectivity index (χ2v) is 6.41. The SMILES string of the molecule is COCCCS(=O)(=O)CC(=O)c1ccc(C)cc1. The fraction of sp³-hybridized carbons (Fsp3) is 0.462. The van der Waals surface area contributed by atoms with E-state index < -0.39 is 15.6 Å². The molecule has 0 saturated carbocycles. The van der Waals surface area contributed by atoms with Crippen LogP contribution in [0.5, 0.6) is 0 Å². The quantitative estimate of drug-likeness (QED) is 0.558. The molecule has 1 rings (SSSR count). The topological polar surface area (TPSA) is 60.4 Å². The summed E-state index contributed by atoms with van der Waals surface area (Å²) in [5.41, 5.74) is 1.48. The summed E-state index contributed by atoms with van der Waals surface area (Å²) in [6.07, 6.45) is 0.417. The lowest BCUT2D eigenvalue weighted by atomic mass is 10.1. The number of carbonyl (C=O) groups excluding carboxylic acids is 1. The van der Waals surface area contributed by atoms with E-state index in [4.69, 9.17) is 4.74 Å². The van der Waals surface area contributed by atoms with E-state index >= 15 is 0 Å². The maximum atomic E-state index is 11.8. The number of carbonyl (C=O) groups is 1. The molecule has 0 N–H and O–H groups in total. The number of rotatable bonds is 7. The number of sulfone groups is 1. The molecule has 0 saturated heterocycles. The van der Waals surface area contributed by atoms with E-state index in [9.17, 15) is 13.2 Å². The highest BCUT2D eigenvalue weighted by atomic mass is 32.2. The van der Waals surface area contributed by atoms with Crippen LogP contribution in [-0.2, 0) is 14.6 Å². The van der Waals surface area contributed by atoms with Crippen molar-refractivity contribution in [2.45, 2.75) is 13.3 Å². The molecule has 0 heterocycles. The molecule has 100 valence electrons. The van der Waals surface area contributed by atoms with Crippen molar-refractivity contribution in [1.29, 1.82) is 0 Å². The number of aryl methyl sites for hydroxylation is 1. The van der Waals surface area contributed by atoms with Crippen LogP contribution in [0.4, 0.5) is 0 Å². The Bertz CT molecular complexity index is 488. The molecule has 0 aliphatic heterocycles. The highest BCUT2D eigenvalue weighted by molar-refractivity contribution is 7.92. The van der Waals surface area contributed by atoms with Crippen molar-refractivity contribution in [3.05, 3.63) is 35.4 Å². The third-order valence-electron chi connectivity index (χ3n) is 2.53. The van der Waals surface area contributed by atoms with Crippen LogP contribution in [0.25, 0.3) is 0 Å². The maximum absolute atomic E-state index is 11.8. The van der Waals surface area contributed by atoms with Gasteiger partial charge in [-0.1, -0.05) is 29.8 Å². The number of Topliss-reactive ketones (excluding diaryl/α,β-unsaturated/α-hetero) is 1. The molecule has 0 aliphatic carbocycles. The fourth-order valence-corrected chi connectivity index (χ4v) is 2.79. The first-order valence-electron chi connectivity index (χ1n) is 5.74. The minimum absolute atomic E-state index is 0.0154. The molecule has 0 fully saturated rings. The van der Waals surface area contributed by atoms with Gasteiger partial charge in [0.15, 0.2) is 15.6 Å². The summed E-state index contributed by atoms with van der Waals surface area (Å²) in [5, 5.41) is 0. The number of hydrogen-bond acceptors (Lipinski definition) is 4. The smallest absolute Gasteiger partial charge is 0.177 e. The van der Waals surface area contributed by atoms with Crippen molar-refractivity contribution < 1.29 is 17.9 Å². The van der Waals surface area contributed by atoms with E-state index in [0.717, 1.165) is 5.56 Å². The van der Waals surface area contributed by atoms with Crippen molar-refractivity contribution in [3.8, 4) is 0 Å². The summed E-state index contributed by atoms with van der Waals surface area (Å²) in [4.78, 5) is 11.8. The number of benzene rings is 1. The van der Waals surface area contributed by atoms with E-state index in [0.29, 0.717) is 18.6 Å². The number of methoxy groups -OCH3 is 1. The van der Waals surface area contributed by atoms with Crippen LogP contribution in [-0.4, -0.2) is 39.4 Å². The molecule has 0 amide bonds. The van der Waals surface area contributed by atoms with E-state index in [-0.39, 0.29) is 11.5 Å². The molecule has 0 spiro atoms. The highest BCUT2D eigenvalue weighted by Gasteiger charge is 2.17. The van der Waals surface area contributed by atoms with Crippen LogP contribution in [0, 0.1) is 6.92 Å². The summed E-state index contributed by atoms with van der Waals surface area (Å²) in [6, 6.07) is 6.90. The Morgan fingerprint density at radius 3 is 2.39 bits per heavy atom. The molecule has 4 nitrogen and oxygen atoms in total. The number of hydrogen-bond donors (Lipinski definition) is 0. The number of ketones is 1. The molecular weight excluding hydrogens is 252 g/mol. The van der Waals surface area contributed by atoms with Gasteiger partial charge in [-0.05, 0) is 13.3 Å². The van der Waals surface area contributed by atoms with Crippen molar-refractivity contribution in [1.82, 2.24) is 0 Å². The molecule has 0 aromatic heterocycles. The van der Waals surface area contributed by atoms with Gasteiger partial charge in [-0.15, -0.1) is 0 Å². The Morgan fingerprint density at radius 1 is 1.22 bits per heavy atom. The van der Waals surface area contributed by atoms with Gasteiger partial charge < -0.3 is 4.74 Å². The monoisotopic (exact) mass is 270 g/mol. The summed E-state index contributed by atoms with van der Waals surface area (Å²) < 4.78 is 28.1. The van der Waals surface area contributed by atoms with Gasteiger partial charge in [0.25, 0.3) is 0 Å². The summed E-state index contributed by atoms with van der Waals surface area (Å²) in [5.74, 6) is -0.800. The van der Waals surface area contributed by atoms with Crippen molar-refractivity contribution in [2.24, 2.45) is 0 Å². The lowest BCUT2D eigenvalue weighted by molar-refractivity contribution is 0.102. The fourth-order valence-electron chi connectivity index (χ4n) is 1.52. The van der Waals surface area contributed by atoms with Crippen LogP contribution >= 0.6 is 0 Å². The van der Waals surface area contributed by atoms with E-state index in [1.54, 1.807) is 24.3 Å². The predicted molar refractivity (Wildman–Crippen MR) is 70.7 cm³/mol. The summed E-state index contributed by atoms with van der Waals surface area (Å²) >= 11 is 0. The Kier molecular flexibility index (Phi) is 5.50. The number of ether oxygens (including phenoxy) is 1. The first-order valence-corrected chi connectivity index (χ1v) is 7.56. The van der Waals surface area contributed by atoms with Gasteiger partial charge in [0, 0.05) is 19.3 Å². The van der Waals surface area contributed by atoms with E-state index in [1.165, 1.54) is 7.11 Å². The van der Waals surface area contributed by atoms with Gasteiger partial charge in [-0.2, -0.15) is 0 Å². The van der Waals surface area contributed by atoms with E-state index in [1.807, 2.05) is 6.92 Å². The van der Waals surface area contributed by atoms with Gasteiger partial charge >= 0.3 is 0 Å². The molecule has 18 heavy (non-hydrogen) atoms. The van der Waals surface area contributed by atoms with Crippen LogP contribution < -0.4 is 0 Å². The van der Waals surface area contributed by atoms with Gasteiger partial charge in [0.2, 0.25) is 0 Å². The van der Waals surface area contributed by atoms with Crippen LogP contribution in [0.2, 0.25) is 0 Å². The van der Waals surface area contributed by atoms with Gasteiger partial charge in [0.05, 0.1) is 5.75 Å². The Morgan fingerprint density at radius 2 is 1.83 bits per heavy atom. The Balaban J connectivity index is 2.61. The largest absolute Gasteiger partial charge is 0.385 e. The minimum atomic E-state index is -3.34. The third kappa shape index (κ3) is 4.98. The zero-order valence-electron chi connectivity index (χ0n) is 10.7. The molecule has 0 radical (unpaired) electrons. The third-order valence-corrected chi connectivity index (χ3v) is 4.14. The molecule has 1 aromatic rings. The van der Waals surface area contributed by atoms with Crippen molar-refractivity contribution in [2.75, 3.05) is 25.2 Å². The molecule has 5 heteroatoms. The van der Waals surface area contributed by atoms with E-state index in [2.05, 4.69) is 0 Å². The zero-order valence-corrected chi connectivity index (χ0v) is 11.5. The second-order valence-electron chi connectivity index (χ2n) is 4.23. The Labute approximate surface area is 108 Å². The van der Waals surface area contributed by atoms with Gasteiger partial charge in [-0.3, -0.25) is 4.79 Å². The first-order chi connectivity index (χ1) is 8.44. The van der Waals surface area contributed by atoms with Crippen LogP contribution in [0.15, 0.2) is 24.3 Å². The molecule has 0 unspecified atom stereocenters. The van der Waals surface area contributed by atoms with Crippen molar-refractivity contribution >= 4 is 15.6 Å². The summed E-state index contributed by atoms with van der Waals surface area (Å²) in [7, 11) is -1.82. The standard InChI is InChI=1S/C13H18O4S/c1-11-4-6-12(7-5-11)13(14)10-18(15,16)9-3-8-17-2/h4-7H,3,8-10H2,1-2H3. The van der Waals surface area contributed by atoms with Crippen molar-refractivity contribution in [3.63, 3.8) is 0 Å². The van der Waals surface area contributed by atoms with Crippen LogP contribution in [0.1, 0.15) is 22.3 Å². The minimum Gasteiger partial charge on any atom is -0.385 e. The van der Waals surface area contributed by atoms with Gasteiger partial charge in [-0.25, -0.2) is 8.42 Å². The molecule has 0 atom stereocenters. The second kappa shape index (κ2) is 6.66. The lowest BCUT2D eigenvalue weighted by Crippen LogP contribution is -2.19. The Hall–Kier alpha value is -1.20. The van der Waals surface area contributed by atoms with Gasteiger partial charge in [0.1, 0.15) is 5.75 Å². The first kappa shape index (κ1) is 14.9. The molecule has 0 bridgehead atoms.